The number of carbonyl (C=O) groups is 1. The van der Waals surface area contributed by atoms with Crippen LogP contribution in [0.1, 0.15) is 49.5 Å². The summed E-state index contributed by atoms with van der Waals surface area (Å²) in [4.78, 5) is 15.0. The first-order valence-electron chi connectivity index (χ1n) is 9.52. The maximum Gasteiger partial charge on any atom is 0.249 e. The second kappa shape index (κ2) is 7.83. The van der Waals surface area contributed by atoms with Gasteiger partial charge in [0.2, 0.25) is 5.91 Å². The molecule has 0 aromatic heterocycles. The summed E-state index contributed by atoms with van der Waals surface area (Å²) in [5, 5.41) is 1.35. The number of ether oxygens (including phenoxy) is 1. The van der Waals surface area contributed by atoms with Gasteiger partial charge in [-0.05, 0) is 60.6 Å². The quantitative estimate of drug-likeness (QED) is 0.628. The maximum absolute atomic E-state index is 13.0. The fourth-order valence-electron chi connectivity index (χ4n) is 4.21. The van der Waals surface area contributed by atoms with E-state index in [2.05, 4.69) is 11.8 Å². The van der Waals surface area contributed by atoms with E-state index in [1.807, 2.05) is 48.5 Å². The Bertz CT molecular complexity index is 819. The van der Waals surface area contributed by atoms with E-state index in [1.165, 1.54) is 12.8 Å². The number of hydrogen-bond donors (Lipinski definition) is 0. The first-order valence-corrected chi connectivity index (χ1v) is 10.3. The predicted molar refractivity (Wildman–Crippen MR) is 108 cm³/mol. The minimum Gasteiger partial charge on any atom is -0.361 e. The van der Waals surface area contributed by atoms with E-state index < -0.39 is 0 Å². The first kappa shape index (κ1) is 18.8. The average molecular weight is 404 g/mol. The molecule has 1 heterocycles. The van der Waals surface area contributed by atoms with Crippen LogP contribution in [-0.4, -0.2) is 23.5 Å². The van der Waals surface area contributed by atoms with Gasteiger partial charge in [0.25, 0.3) is 0 Å². The fraction of sp³-hybridized carbons (Fsp3) is 0.409. The van der Waals surface area contributed by atoms with Crippen LogP contribution in [0.5, 0.6) is 0 Å². The van der Waals surface area contributed by atoms with Gasteiger partial charge in [-0.25, -0.2) is 0 Å². The van der Waals surface area contributed by atoms with E-state index in [4.69, 9.17) is 27.9 Å². The lowest BCUT2D eigenvalue weighted by molar-refractivity contribution is -0.164. The Hall–Kier alpha value is -1.55. The summed E-state index contributed by atoms with van der Waals surface area (Å²) < 4.78 is 6.07. The highest BCUT2D eigenvalue weighted by molar-refractivity contribution is 6.30. The zero-order valence-electron chi connectivity index (χ0n) is 15.3. The summed E-state index contributed by atoms with van der Waals surface area (Å²) in [6, 6.07) is 15.5. The lowest BCUT2D eigenvalue weighted by Crippen LogP contribution is -2.51. The molecule has 0 spiro atoms. The Balaban J connectivity index is 1.79. The van der Waals surface area contributed by atoms with Gasteiger partial charge in [-0.1, -0.05) is 54.4 Å². The molecule has 2 aromatic carbocycles. The molecule has 2 aromatic rings. The second-order valence-electron chi connectivity index (χ2n) is 7.40. The normalized spacial score (nSPS) is 24.1. The summed E-state index contributed by atoms with van der Waals surface area (Å²) in [6.45, 7) is 2.27. The molecule has 1 aliphatic carbocycles. The molecule has 3 atom stereocenters. The zero-order chi connectivity index (χ0) is 19.0. The zero-order valence-corrected chi connectivity index (χ0v) is 16.8. The van der Waals surface area contributed by atoms with Crippen molar-refractivity contribution in [3.05, 3.63) is 69.7 Å². The van der Waals surface area contributed by atoms with Crippen molar-refractivity contribution in [3.8, 4) is 0 Å². The van der Waals surface area contributed by atoms with E-state index in [-0.39, 0.29) is 30.7 Å². The fourth-order valence-corrected chi connectivity index (χ4v) is 4.54. The van der Waals surface area contributed by atoms with Crippen molar-refractivity contribution in [3.63, 3.8) is 0 Å². The highest BCUT2D eigenvalue weighted by Crippen LogP contribution is 2.46. The summed E-state index contributed by atoms with van der Waals surface area (Å²) in [5.74, 6) is 0.652. The Labute approximate surface area is 170 Å². The largest absolute Gasteiger partial charge is 0.361 e. The van der Waals surface area contributed by atoms with Crippen LogP contribution in [-0.2, 0) is 9.53 Å². The lowest BCUT2D eigenvalue weighted by atomic mass is 9.90. The van der Waals surface area contributed by atoms with E-state index >= 15 is 0 Å². The van der Waals surface area contributed by atoms with Gasteiger partial charge in [0.1, 0.15) is 12.7 Å². The molecule has 0 bridgehead atoms. The smallest absolute Gasteiger partial charge is 0.249 e. The van der Waals surface area contributed by atoms with E-state index in [1.54, 1.807) is 0 Å². The third kappa shape index (κ3) is 3.87. The Morgan fingerprint density at radius 1 is 1.07 bits per heavy atom. The third-order valence-corrected chi connectivity index (χ3v) is 6.08. The van der Waals surface area contributed by atoms with Crippen LogP contribution < -0.4 is 0 Å². The number of carbonyl (C=O) groups excluding carboxylic acids is 1. The monoisotopic (exact) mass is 403 g/mol. The van der Waals surface area contributed by atoms with Crippen LogP contribution >= 0.6 is 23.2 Å². The average Bonchev–Trinajstić information content (AvgIpc) is 3.49. The number of rotatable bonds is 5. The highest BCUT2D eigenvalue weighted by Gasteiger charge is 2.45. The van der Waals surface area contributed by atoms with Gasteiger partial charge in [-0.15, -0.1) is 0 Å². The molecule has 1 aliphatic heterocycles. The number of benzene rings is 2. The first-order chi connectivity index (χ1) is 13.1. The highest BCUT2D eigenvalue weighted by atomic mass is 35.5. The van der Waals surface area contributed by atoms with E-state index in [0.717, 1.165) is 17.5 Å². The van der Waals surface area contributed by atoms with Crippen LogP contribution in [0.3, 0.4) is 0 Å². The van der Waals surface area contributed by atoms with Crippen LogP contribution in [0.4, 0.5) is 0 Å². The van der Waals surface area contributed by atoms with Gasteiger partial charge in [0.05, 0.1) is 6.04 Å². The van der Waals surface area contributed by atoms with E-state index in [9.17, 15) is 4.79 Å². The minimum absolute atomic E-state index is 0.0620. The molecule has 0 N–H and O–H groups in total. The third-order valence-electron chi connectivity index (χ3n) is 5.59. The molecular formula is C22H23Cl2NO2. The molecular weight excluding hydrogens is 381 g/mol. The number of halogens is 2. The second-order valence-corrected chi connectivity index (χ2v) is 8.27. The number of hydrogen-bond acceptors (Lipinski definition) is 2. The molecule has 0 radical (unpaired) electrons. The van der Waals surface area contributed by atoms with Crippen molar-refractivity contribution in [2.24, 2.45) is 5.92 Å². The van der Waals surface area contributed by atoms with Crippen molar-refractivity contribution in [1.82, 2.24) is 4.90 Å². The van der Waals surface area contributed by atoms with Crippen LogP contribution in [0.2, 0.25) is 10.0 Å². The molecule has 3 nitrogen and oxygen atoms in total. The SMILES string of the molecule is CC[C@@H](C1CC1)N1C(=O)CO[C@H](c2cccc(Cl)c2)[C@@H]1c1ccc(Cl)cc1. The molecule has 0 unspecified atom stereocenters. The van der Waals surface area contributed by atoms with Gasteiger partial charge >= 0.3 is 0 Å². The summed E-state index contributed by atoms with van der Waals surface area (Å²) in [7, 11) is 0. The maximum atomic E-state index is 13.0. The van der Waals surface area contributed by atoms with Gasteiger partial charge in [0.15, 0.2) is 0 Å². The van der Waals surface area contributed by atoms with Crippen LogP contribution in [0.15, 0.2) is 48.5 Å². The molecule has 4 rings (SSSR count). The van der Waals surface area contributed by atoms with Gasteiger partial charge in [-0.2, -0.15) is 0 Å². The molecule has 1 saturated carbocycles. The molecule has 1 saturated heterocycles. The lowest BCUT2D eigenvalue weighted by Gasteiger charge is -2.45. The van der Waals surface area contributed by atoms with Crippen LogP contribution in [0.25, 0.3) is 0 Å². The van der Waals surface area contributed by atoms with Gasteiger partial charge in [-0.3, -0.25) is 4.79 Å². The molecule has 27 heavy (non-hydrogen) atoms. The number of morpholine rings is 1. The van der Waals surface area contributed by atoms with E-state index in [0.29, 0.717) is 16.0 Å². The Morgan fingerprint density at radius 3 is 2.44 bits per heavy atom. The number of amides is 1. The Morgan fingerprint density at radius 2 is 1.81 bits per heavy atom. The standard InChI is InChI=1S/C22H23Cl2NO2/c1-2-19(14-6-7-14)25-20(26)13-27-22(16-4-3-5-18(24)12-16)21(25)15-8-10-17(23)11-9-15/h3-5,8-12,14,19,21-22H,2,6-7,13H2,1H3/t19-,21-,22+/m0/s1. The number of nitrogens with zero attached hydrogens (tertiary/aromatic N) is 1. The van der Waals surface area contributed by atoms with Crippen molar-refractivity contribution in [2.45, 2.75) is 44.4 Å². The topological polar surface area (TPSA) is 29.5 Å². The minimum atomic E-state index is -0.254. The summed E-state index contributed by atoms with van der Waals surface area (Å²) >= 11 is 12.4. The van der Waals surface area contributed by atoms with Gasteiger partial charge in [0, 0.05) is 16.1 Å². The summed E-state index contributed by atoms with van der Waals surface area (Å²) in [5.41, 5.74) is 2.03. The predicted octanol–water partition coefficient (Wildman–Crippen LogP) is 5.82. The van der Waals surface area contributed by atoms with Crippen molar-refractivity contribution >= 4 is 29.1 Å². The molecule has 2 fully saturated rings. The molecule has 1 amide bonds. The van der Waals surface area contributed by atoms with Crippen molar-refractivity contribution in [2.75, 3.05) is 6.61 Å². The van der Waals surface area contributed by atoms with Crippen molar-refractivity contribution in [1.29, 1.82) is 0 Å². The van der Waals surface area contributed by atoms with Gasteiger partial charge < -0.3 is 9.64 Å². The van der Waals surface area contributed by atoms with Crippen molar-refractivity contribution < 1.29 is 9.53 Å². The molecule has 142 valence electrons. The molecule has 2 aliphatic rings. The summed E-state index contributed by atoms with van der Waals surface area (Å²) in [6.07, 6.45) is 3.08. The molecule has 5 heteroatoms. The van der Waals surface area contributed by atoms with Crippen LogP contribution in [0, 0.1) is 5.92 Å². The Kier molecular flexibility index (Phi) is 5.45.